The number of carbonyl (C=O) groups excluding carboxylic acids is 2. The molecule has 0 bridgehead atoms. The van der Waals surface area contributed by atoms with E-state index in [1.54, 1.807) is 4.90 Å². The Balaban J connectivity index is 2.29. The van der Waals surface area contributed by atoms with Gasteiger partial charge in [-0.05, 0) is 18.3 Å². The van der Waals surface area contributed by atoms with E-state index in [1.807, 2.05) is 11.0 Å². The standard InChI is InChI=1S/C15H25N3O2/c1-15(2,3)7-4-5-13(19)17-9-11-18(12-10-17)14(20)6-8-16/h4-7,9-12H2,1-3H3. The van der Waals surface area contributed by atoms with Crippen LogP contribution < -0.4 is 0 Å². The van der Waals surface area contributed by atoms with Crippen molar-refractivity contribution in [3.05, 3.63) is 0 Å². The quantitative estimate of drug-likeness (QED) is 0.788. The molecule has 1 heterocycles. The molecule has 0 saturated carbocycles. The van der Waals surface area contributed by atoms with Crippen LogP contribution in [0, 0.1) is 16.7 Å². The lowest BCUT2D eigenvalue weighted by Gasteiger charge is -2.34. The summed E-state index contributed by atoms with van der Waals surface area (Å²) in [5.74, 6) is 0.0500. The highest BCUT2D eigenvalue weighted by Gasteiger charge is 2.23. The van der Waals surface area contributed by atoms with Gasteiger partial charge in [-0.3, -0.25) is 9.59 Å². The molecule has 1 rings (SSSR count). The second kappa shape index (κ2) is 7.28. The Morgan fingerprint density at radius 2 is 1.55 bits per heavy atom. The van der Waals surface area contributed by atoms with Crippen LogP contribution in [0.25, 0.3) is 0 Å². The molecule has 1 saturated heterocycles. The van der Waals surface area contributed by atoms with Gasteiger partial charge in [-0.1, -0.05) is 20.8 Å². The van der Waals surface area contributed by atoms with Crippen molar-refractivity contribution in [2.75, 3.05) is 26.2 Å². The summed E-state index contributed by atoms with van der Waals surface area (Å²) in [4.78, 5) is 27.1. The highest BCUT2D eigenvalue weighted by Crippen LogP contribution is 2.21. The van der Waals surface area contributed by atoms with E-state index in [0.29, 0.717) is 32.6 Å². The van der Waals surface area contributed by atoms with Crippen molar-refractivity contribution in [1.29, 1.82) is 5.26 Å². The zero-order valence-corrected chi connectivity index (χ0v) is 12.8. The van der Waals surface area contributed by atoms with Gasteiger partial charge in [-0.15, -0.1) is 0 Å². The molecular weight excluding hydrogens is 254 g/mol. The normalized spacial score (nSPS) is 15.9. The molecule has 0 aromatic rings. The predicted octanol–water partition coefficient (Wildman–Crippen LogP) is 1.79. The number of hydrogen-bond donors (Lipinski definition) is 0. The van der Waals surface area contributed by atoms with Crippen LogP contribution in [0.15, 0.2) is 0 Å². The van der Waals surface area contributed by atoms with Gasteiger partial charge in [0.15, 0.2) is 0 Å². The van der Waals surface area contributed by atoms with Gasteiger partial charge in [0.1, 0.15) is 6.42 Å². The maximum Gasteiger partial charge on any atom is 0.236 e. The summed E-state index contributed by atoms with van der Waals surface area (Å²) >= 11 is 0. The highest BCUT2D eigenvalue weighted by atomic mass is 16.2. The fourth-order valence-electron chi connectivity index (χ4n) is 2.31. The smallest absolute Gasteiger partial charge is 0.236 e. The van der Waals surface area contributed by atoms with Gasteiger partial charge in [-0.2, -0.15) is 5.26 Å². The third-order valence-electron chi connectivity index (χ3n) is 3.53. The van der Waals surface area contributed by atoms with Crippen LogP contribution in [0.3, 0.4) is 0 Å². The Morgan fingerprint density at radius 1 is 1.05 bits per heavy atom. The number of rotatable bonds is 4. The monoisotopic (exact) mass is 279 g/mol. The summed E-state index contributed by atoms with van der Waals surface area (Å²) < 4.78 is 0. The third kappa shape index (κ3) is 5.60. The van der Waals surface area contributed by atoms with Crippen molar-refractivity contribution < 1.29 is 9.59 Å². The molecule has 112 valence electrons. The zero-order chi connectivity index (χ0) is 15.2. The van der Waals surface area contributed by atoms with E-state index in [0.717, 1.165) is 12.8 Å². The molecule has 0 aromatic carbocycles. The van der Waals surface area contributed by atoms with Gasteiger partial charge >= 0.3 is 0 Å². The van der Waals surface area contributed by atoms with Gasteiger partial charge < -0.3 is 9.80 Å². The molecule has 0 aliphatic carbocycles. The van der Waals surface area contributed by atoms with Crippen LogP contribution in [-0.2, 0) is 9.59 Å². The summed E-state index contributed by atoms with van der Waals surface area (Å²) in [5.41, 5.74) is 0.267. The highest BCUT2D eigenvalue weighted by molar-refractivity contribution is 5.79. The van der Waals surface area contributed by atoms with Crippen molar-refractivity contribution in [2.45, 2.75) is 46.5 Å². The molecule has 2 amide bonds. The molecule has 5 nitrogen and oxygen atoms in total. The molecule has 0 spiro atoms. The van der Waals surface area contributed by atoms with Crippen LogP contribution in [-0.4, -0.2) is 47.8 Å². The minimum atomic E-state index is -0.132. The molecule has 5 heteroatoms. The molecule has 1 aliphatic heterocycles. The molecule has 0 aromatic heterocycles. The average molecular weight is 279 g/mol. The van der Waals surface area contributed by atoms with Crippen molar-refractivity contribution >= 4 is 11.8 Å². The maximum atomic E-state index is 12.1. The molecule has 1 fully saturated rings. The van der Waals surface area contributed by atoms with Crippen LogP contribution in [0.4, 0.5) is 0 Å². The summed E-state index contributed by atoms with van der Waals surface area (Å²) in [6, 6.07) is 1.87. The second-order valence-corrected chi connectivity index (χ2v) is 6.51. The van der Waals surface area contributed by atoms with E-state index in [2.05, 4.69) is 20.8 Å². The van der Waals surface area contributed by atoms with Crippen molar-refractivity contribution in [3.63, 3.8) is 0 Å². The van der Waals surface area contributed by atoms with E-state index < -0.39 is 0 Å². The minimum absolute atomic E-state index is 0.0699. The Labute approximate surface area is 121 Å². The molecular formula is C15H25N3O2. The number of carbonyl (C=O) groups is 2. The van der Waals surface area contributed by atoms with Crippen molar-refractivity contribution in [2.24, 2.45) is 5.41 Å². The fraction of sp³-hybridized carbons (Fsp3) is 0.800. The van der Waals surface area contributed by atoms with E-state index >= 15 is 0 Å². The van der Waals surface area contributed by atoms with Crippen LogP contribution in [0.5, 0.6) is 0 Å². The lowest BCUT2D eigenvalue weighted by atomic mass is 9.90. The van der Waals surface area contributed by atoms with Gasteiger partial charge in [0.2, 0.25) is 11.8 Å². The molecule has 0 atom stereocenters. The predicted molar refractivity (Wildman–Crippen MR) is 76.7 cm³/mol. The largest absolute Gasteiger partial charge is 0.339 e. The Bertz CT molecular complexity index is 385. The minimum Gasteiger partial charge on any atom is -0.339 e. The van der Waals surface area contributed by atoms with Gasteiger partial charge in [0, 0.05) is 32.6 Å². The molecule has 1 aliphatic rings. The average Bonchev–Trinajstić information content (AvgIpc) is 2.37. The Hall–Kier alpha value is -1.57. The van der Waals surface area contributed by atoms with Gasteiger partial charge in [0.25, 0.3) is 0 Å². The van der Waals surface area contributed by atoms with Crippen molar-refractivity contribution in [3.8, 4) is 6.07 Å². The SMILES string of the molecule is CC(C)(C)CCCC(=O)N1CCN(C(=O)CC#N)CC1. The van der Waals surface area contributed by atoms with Gasteiger partial charge in [0.05, 0.1) is 6.07 Å². The first-order valence-corrected chi connectivity index (χ1v) is 7.26. The van der Waals surface area contributed by atoms with E-state index in [-0.39, 0.29) is 23.7 Å². The lowest BCUT2D eigenvalue weighted by molar-refractivity contribution is -0.139. The second-order valence-electron chi connectivity index (χ2n) is 6.51. The Morgan fingerprint density at radius 3 is 2.00 bits per heavy atom. The molecule has 0 N–H and O–H groups in total. The lowest BCUT2D eigenvalue weighted by Crippen LogP contribution is -2.50. The number of nitriles is 1. The van der Waals surface area contributed by atoms with Crippen LogP contribution in [0.1, 0.15) is 46.5 Å². The van der Waals surface area contributed by atoms with Crippen LogP contribution in [0.2, 0.25) is 0 Å². The van der Waals surface area contributed by atoms with Gasteiger partial charge in [-0.25, -0.2) is 0 Å². The molecule has 0 radical (unpaired) electrons. The fourth-order valence-corrected chi connectivity index (χ4v) is 2.31. The summed E-state index contributed by atoms with van der Waals surface area (Å²) in [7, 11) is 0. The molecule has 20 heavy (non-hydrogen) atoms. The number of hydrogen-bond acceptors (Lipinski definition) is 3. The molecule has 0 unspecified atom stereocenters. The summed E-state index contributed by atoms with van der Waals surface area (Å²) in [6.07, 6.45) is 2.47. The summed E-state index contributed by atoms with van der Waals surface area (Å²) in [6.45, 7) is 8.80. The maximum absolute atomic E-state index is 12.1. The Kier molecular flexibility index (Phi) is 6.00. The first kappa shape index (κ1) is 16.5. The zero-order valence-electron chi connectivity index (χ0n) is 12.8. The number of amides is 2. The third-order valence-corrected chi connectivity index (χ3v) is 3.53. The summed E-state index contributed by atoms with van der Waals surface area (Å²) in [5, 5.41) is 8.51. The first-order chi connectivity index (χ1) is 9.33. The van der Waals surface area contributed by atoms with E-state index in [4.69, 9.17) is 5.26 Å². The number of nitrogens with zero attached hydrogens (tertiary/aromatic N) is 3. The van der Waals surface area contributed by atoms with Crippen molar-refractivity contribution in [1.82, 2.24) is 9.80 Å². The van der Waals surface area contributed by atoms with Crippen LogP contribution >= 0.6 is 0 Å². The van der Waals surface area contributed by atoms with E-state index in [1.165, 1.54) is 0 Å². The number of piperazine rings is 1. The first-order valence-electron chi connectivity index (χ1n) is 7.26. The van der Waals surface area contributed by atoms with E-state index in [9.17, 15) is 9.59 Å². The topological polar surface area (TPSA) is 64.4 Å².